The lowest BCUT2D eigenvalue weighted by molar-refractivity contribution is 0.0384. The molecule has 2 aliphatic heterocycles. The van der Waals surface area contributed by atoms with Crippen molar-refractivity contribution in [1.29, 1.82) is 0 Å². The Labute approximate surface area is 178 Å². The van der Waals surface area contributed by atoms with E-state index in [1.165, 1.54) is 0 Å². The molecule has 0 bridgehead atoms. The van der Waals surface area contributed by atoms with Gasteiger partial charge in [0.1, 0.15) is 22.8 Å². The highest BCUT2D eigenvalue weighted by molar-refractivity contribution is 5.92. The number of benzene rings is 1. The average molecular weight is 417 g/mol. The van der Waals surface area contributed by atoms with Crippen molar-refractivity contribution in [1.82, 2.24) is 15.2 Å². The number of aromatic nitrogens is 1. The van der Waals surface area contributed by atoms with E-state index in [0.29, 0.717) is 0 Å². The molecule has 3 heterocycles. The normalized spacial score (nSPS) is 18.0. The van der Waals surface area contributed by atoms with Gasteiger partial charge in [0.05, 0.1) is 40.6 Å². The van der Waals surface area contributed by atoms with E-state index in [1.807, 2.05) is 12.1 Å². The molecule has 1 N–H and O–H groups in total. The number of methoxy groups -OCH3 is 2. The molecule has 30 heavy (non-hydrogen) atoms. The van der Waals surface area contributed by atoms with Gasteiger partial charge in [0.25, 0.3) is 0 Å². The van der Waals surface area contributed by atoms with E-state index in [4.69, 9.17) is 23.9 Å². The van der Waals surface area contributed by atoms with Gasteiger partial charge in [-0.1, -0.05) is 0 Å². The smallest absolute Gasteiger partial charge is 0.145 e. The predicted octanol–water partition coefficient (Wildman–Crippen LogP) is 1.51. The standard InChI is InChI=1S/C22H32N4O4/c1-27-19-3-4-20(28-2)21-18(19)15-17(22(24-21)26-9-13-30-14-10-26)16-23-5-6-25-7-11-29-12-8-25/h3-4,15,23H,5-14,16H2,1-2H3. The van der Waals surface area contributed by atoms with Gasteiger partial charge in [-0.25, -0.2) is 4.98 Å². The molecule has 2 aliphatic rings. The van der Waals surface area contributed by atoms with Gasteiger partial charge >= 0.3 is 0 Å². The quantitative estimate of drug-likeness (QED) is 0.650. The van der Waals surface area contributed by atoms with Crippen molar-refractivity contribution in [3.63, 3.8) is 0 Å². The van der Waals surface area contributed by atoms with Crippen molar-refractivity contribution in [2.45, 2.75) is 6.54 Å². The van der Waals surface area contributed by atoms with E-state index in [9.17, 15) is 0 Å². The Kier molecular flexibility index (Phi) is 7.22. The summed E-state index contributed by atoms with van der Waals surface area (Å²) in [4.78, 5) is 9.79. The van der Waals surface area contributed by atoms with Gasteiger partial charge in [0.15, 0.2) is 0 Å². The lowest BCUT2D eigenvalue weighted by atomic mass is 10.1. The molecule has 4 rings (SSSR count). The van der Waals surface area contributed by atoms with Gasteiger partial charge in [-0.15, -0.1) is 0 Å². The molecule has 2 aromatic rings. The third-order valence-corrected chi connectivity index (χ3v) is 5.74. The third-order valence-electron chi connectivity index (χ3n) is 5.74. The number of hydrogen-bond donors (Lipinski definition) is 1. The van der Waals surface area contributed by atoms with Crippen LogP contribution in [0.15, 0.2) is 18.2 Å². The fourth-order valence-electron chi connectivity index (χ4n) is 4.05. The molecule has 1 aromatic heterocycles. The molecule has 2 fully saturated rings. The third kappa shape index (κ3) is 4.78. The molecular formula is C22H32N4O4. The SMILES string of the molecule is COc1ccc(OC)c2nc(N3CCOCC3)c(CNCCN3CCOCC3)cc12. The molecule has 0 unspecified atom stereocenters. The summed E-state index contributed by atoms with van der Waals surface area (Å²) in [6, 6.07) is 6.04. The van der Waals surface area contributed by atoms with Crippen LogP contribution < -0.4 is 19.7 Å². The van der Waals surface area contributed by atoms with Gasteiger partial charge in [-0.3, -0.25) is 4.90 Å². The lowest BCUT2D eigenvalue weighted by Gasteiger charge is -2.30. The van der Waals surface area contributed by atoms with Crippen LogP contribution in [0.5, 0.6) is 11.5 Å². The number of nitrogens with zero attached hydrogens (tertiary/aromatic N) is 3. The first-order valence-corrected chi connectivity index (χ1v) is 10.7. The molecular weight excluding hydrogens is 384 g/mol. The topological polar surface area (TPSA) is 68.3 Å². The number of morpholine rings is 2. The van der Waals surface area contributed by atoms with Crippen molar-refractivity contribution >= 4 is 16.7 Å². The van der Waals surface area contributed by atoms with Crippen molar-refractivity contribution < 1.29 is 18.9 Å². The van der Waals surface area contributed by atoms with Crippen LogP contribution in [0.3, 0.4) is 0 Å². The second kappa shape index (κ2) is 10.3. The largest absolute Gasteiger partial charge is 0.496 e. The zero-order valence-corrected chi connectivity index (χ0v) is 18.0. The minimum absolute atomic E-state index is 0.721. The molecule has 0 spiro atoms. The number of hydrogen-bond acceptors (Lipinski definition) is 8. The number of ether oxygens (including phenoxy) is 4. The van der Waals surface area contributed by atoms with Crippen molar-refractivity contribution in [2.24, 2.45) is 0 Å². The lowest BCUT2D eigenvalue weighted by Crippen LogP contribution is -2.40. The number of anilines is 1. The van der Waals surface area contributed by atoms with Crippen LogP contribution in [0.2, 0.25) is 0 Å². The van der Waals surface area contributed by atoms with E-state index in [1.54, 1.807) is 14.2 Å². The molecule has 1 aromatic carbocycles. The predicted molar refractivity (Wildman–Crippen MR) is 117 cm³/mol. The highest BCUT2D eigenvalue weighted by Crippen LogP contribution is 2.35. The molecule has 8 heteroatoms. The molecule has 8 nitrogen and oxygen atoms in total. The van der Waals surface area contributed by atoms with Crippen LogP contribution in [0.25, 0.3) is 10.9 Å². The zero-order chi connectivity index (χ0) is 20.8. The van der Waals surface area contributed by atoms with E-state index in [0.717, 1.165) is 106 Å². The number of fused-ring (bicyclic) bond motifs is 1. The Morgan fingerprint density at radius 2 is 1.63 bits per heavy atom. The number of nitrogens with one attached hydrogen (secondary N) is 1. The van der Waals surface area contributed by atoms with Crippen molar-refractivity contribution in [3.05, 3.63) is 23.8 Å². The van der Waals surface area contributed by atoms with E-state index < -0.39 is 0 Å². The maximum absolute atomic E-state index is 5.60. The van der Waals surface area contributed by atoms with Gasteiger partial charge in [-0.05, 0) is 18.2 Å². The Morgan fingerprint density at radius 1 is 0.967 bits per heavy atom. The Balaban J connectivity index is 1.58. The monoisotopic (exact) mass is 416 g/mol. The summed E-state index contributed by atoms with van der Waals surface area (Å²) in [7, 11) is 3.37. The molecule has 2 saturated heterocycles. The van der Waals surface area contributed by atoms with Crippen LogP contribution in [0.4, 0.5) is 5.82 Å². The molecule has 0 amide bonds. The summed E-state index contributed by atoms with van der Waals surface area (Å²) in [6.07, 6.45) is 0. The minimum atomic E-state index is 0.721. The van der Waals surface area contributed by atoms with Crippen LogP contribution >= 0.6 is 0 Å². The number of pyridine rings is 1. The fourth-order valence-corrected chi connectivity index (χ4v) is 4.05. The summed E-state index contributed by atoms with van der Waals surface area (Å²) < 4.78 is 22.2. The minimum Gasteiger partial charge on any atom is -0.496 e. The molecule has 0 aliphatic carbocycles. The van der Waals surface area contributed by atoms with E-state index in [2.05, 4.69) is 21.2 Å². The van der Waals surface area contributed by atoms with Crippen LogP contribution in [0, 0.1) is 0 Å². The first-order valence-electron chi connectivity index (χ1n) is 10.7. The van der Waals surface area contributed by atoms with Crippen LogP contribution in [-0.2, 0) is 16.0 Å². The molecule has 0 saturated carbocycles. The van der Waals surface area contributed by atoms with Gasteiger partial charge in [0, 0.05) is 56.8 Å². The summed E-state index contributed by atoms with van der Waals surface area (Å²) in [5, 5.41) is 4.58. The second-order valence-corrected chi connectivity index (χ2v) is 7.57. The van der Waals surface area contributed by atoms with Crippen molar-refractivity contribution in [2.75, 3.05) is 84.8 Å². The Bertz CT molecular complexity index is 835. The first kappa shape index (κ1) is 21.1. The van der Waals surface area contributed by atoms with Crippen LogP contribution in [0.1, 0.15) is 5.56 Å². The fraction of sp³-hybridized carbons (Fsp3) is 0.591. The molecule has 164 valence electrons. The summed E-state index contributed by atoms with van der Waals surface area (Å²) in [5.74, 6) is 2.56. The Morgan fingerprint density at radius 3 is 2.33 bits per heavy atom. The second-order valence-electron chi connectivity index (χ2n) is 7.57. The summed E-state index contributed by atoms with van der Waals surface area (Å²) in [6.45, 7) is 9.50. The molecule has 0 atom stereocenters. The zero-order valence-electron chi connectivity index (χ0n) is 18.0. The number of rotatable bonds is 8. The Hall–Kier alpha value is -2.13. The molecule has 0 radical (unpaired) electrons. The summed E-state index contributed by atoms with van der Waals surface area (Å²) >= 11 is 0. The van der Waals surface area contributed by atoms with Gasteiger partial charge in [0.2, 0.25) is 0 Å². The maximum atomic E-state index is 5.60. The summed E-state index contributed by atoms with van der Waals surface area (Å²) in [5.41, 5.74) is 1.99. The van der Waals surface area contributed by atoms with Gasteiger partial charge in [-0.2, -0.15) is 0 Å². The van der Waals surface area contributed by atoms with Gasteiger partial charge < -0.3 is 29.2 Å². The highest BCUT2D eigenvalue weighted by Gasteiger charge is 2.20. The maximum Gasteiger partial charge on any atom is 0.145 e. The van der Waals surface area contributed by atoms with Crippen LogP contribution in [-0.4, -0.2) is 89.8 Å². The van der Waals surface area contributed by atoms with E-state index in [-0.39, 0.29) is 0 Å². The first-order chi connectivity index (χ1) is 14.8. The average Bonchev–Trinajstić information content (AvgIpc) is 2.81. The van der Waals surface area contributed by atoms with E-state index >= 15 is 0 Å². The highest BCUT2D eigenvalue weighted by atomic mass is 16.5. The van der Waals surface area contributed by atoms with Crippen molar-refractivity contribution in [3.8, 4) is 11.5 Å².